The number of piperazine rings is 1. The smallest absolute Gasteiger partial charge is 0.240 e. The fourth-order valence-corrected chi connectivity index (χ4v) is 5.02. The average molecular weight is 486 g/mol. The van der Waals surface area contributed by atoms with Gasteiger partial charge >= 0.3 is 0 Å². The molecule has 33 heavy (non-hydrogen) atoms. The van der Waals surface area contributed by atoms with Gasteiger partial charge in [0.2, 0.25) is 10.0 Å². The summed E-state index contributed by atoms with van der Waals surface area (Å²) < 4.78 is 34.6. The lowest BCUT2D eigenvalue weighted by Crippen LogP contribution is -2.48. The lowest BCUT2D eigenvalue weighted by molar-refractivity contribution is 0.113. The van der Waals surface area contributed by atoms with Crippen molar-refractivity contribution in [3.63, 3.8) is 0 Å². The van der Waals surface area contributed by atoms with Gasteiger partial charge in [0, 0.05) is 43.8 Å². The van der Waals surface area contributed by atoms with E-state index in [0.29, 0.717) is 16.5 Å². The molecule has 0 aromatic heterocycles. The summed E-state index contributed by atoms with van der Waals surface area (Å²) in [4.78, 5) is 4.80. The summed E-state index contributed by atoms with van der Waals surface area (Å²) in [6.07, 6.45) is 0. The molecule has 1 saturated heterocycles. The molecule has 3 aromatic rings. The molecular formula is C25H28ClN3O3S. The molecule has 0 spiro atoms. The van der Waals surface area contributed by atoms with Crippen molar-refractivity contribution in [1.82, 2.24) is 14.5 Å². The maximum atomic E-state index is 13.0. The third kappa shape index (κ3) is 6.34. The first-order chi connectivity index (χ1) is 15.9. The van der Waals surface area contributed by atoms with Crippen molar-refractivity contribution in [1.29, 1.82) is 0 Å². The molecule has 0 amide bonds. The van der Waals surface area contributed by atoms with Gasteiger partial charge in [0.05, 0.1) is 4.90 Å². The molecular weight excluding hydrogens is 458 g/mol. The summed E-state index contributed by atoms with van der Waals surface area (Å²) in [6, 6.07) is 23.4. The van der Waals surface area contributed by atoms with E-state index in [1.165, 1.54) is 0 Å². The van der Waals surface area contributed by atoms with Gasteiger partial charge < -0.3 is 9.64 Å². The van der Waals surface area contributed by atoms with Gasteiger partial charge in [0.25, 0.3) is 0 Å². The first-order valence-electron chi connectivity index (χ1n) is 10.9. The molecule has 8 heteroatoms. The van der Waals surface area contributed by atoms with Crippen molar-refractivity contribution in [2.45, 2.75) is 10.9 Å². The monoisotopic (exact) mass is 485 g/mol. The van der Waals surface area contributed by atoms with E-state index in [2.05, 4.69) is 21.6 Å². The van der Waals surface area contributed by atoms with Crippen molar-refractivity contribution in [2.75, 3.05) is 39.8 Å². The molecule has 4 rings (SSSR count). The molecule has 3 aromatic carbocycles. The second-order valence-electron chi connectivity index (χ2n) is 8.15. The molecule has 1 N–H and O–H groups in total. The highest BCUT2D eigenvalue weighted by atomic mass is 35.5. The summed E-state index contributed by atoms with van der Waals surface area (Å²) in [6.45, 7) is 3.91. The van der Waals surface area contributed by atoms with E-state index in [0.717, 1.165) is 31.7 Å². The van der Waals surface area contributed by atoms with Crippen molar-refractivity contribution >= 4 is 21.6 Å². The average Bonchev–Trinajstić information content (AvgIpc) is 2.82. The van der Waals surface area contributed by atoms with Crippen molar-refractivity contribution in [3.05, 3.63) is 89.4 Å². The quantitative estimate of drug-likeness (QED) is 0.512. The van der Waals surface area contributed by atoms with E-state index in [4.69, 9.17) is 16.3 Å². The maximum Gasteiger partial charge on any atom is 0.240 e. The van der Waals surface area contributed by atoms with E-state index in [1.54, 1.807) is 24.3 Å². The zero-order valence-electron chi connectivity index (χ0n) is 18.5. The van der Waals surface area contributed by atoms with Crippen LogP contribution in [0.15, 0.2) is 83.8 Å². The number of nitrogens with zero attached hydrogens (tertiary/aromatic N) is 2. The van der Waals surface area contributed by atoms with E-state index in [9.17, 15) is 8.42 Å². The Hall–Kier alpha value is -2.42. The maximum absolute atomic E-state index is 13.0. The molecule has 1 aliphatic heterocycles. The summed E-state index contributed by atoms with van der Waals surface area (Å²) in [5.74, 6) is 1.28. The SMILES string of the molecule is CN1CCN([C@@H](CNS(=O)(=O)c2ccc(Oc3ccccc3)cc2)c2ccc(Cl)cc2)CC1. The number of likely N-dealkylation sites (N-methyl/N-ethyl adjacent to an activating group) is 1. The standard InChI is InChI=1S/C25H28ClN3O3S/c1-28-15-17-29(18-16-28)25(20-7-9-21(26)10-8-20)19-27-33(30,31)24-13-11-23(12-14-24)32-22-5-3-2-4-6-22/h2-14,25,27H,15-19H2,1H3/t25-/m0/s1. The van der Waals surface area contributed by atoms with Crippen LogP contribution in [0, 0.1) is 0 Å². The van der Waals surface area contributed by atoms with Crippen molar-refractivity contribution in [2.24, 2.45) is 0 Å². The van der Waals surface area contributed by atoms with Gasteiger partial charge in [-0.3, -0.25) is 4.90 Å². The number of rotatable bonds is 8. The number of para-hydroxylation sites is 1. The van der Waals surface area contributed by atoms with Crippen LogP contribution in [0.3, 0.4) is 0 Å². The van der Waals surface area contributed by atoms with Crippen LogP contribution in [-0.2, 0) is 10.0 Å². The highest BCUT2D eigenvalue weighted by molar-refractivity contribution is 7.89. The summed E-state index contributed by atoms with van der Waals surface area (Å²) >= 11 is 6.07. The first-order valence-corrected chi connectivity index (χ1v) is 12.8. The number of nitrogens with one attached hydrogen (secondary N) is 1. The molecule has 1 atom stereocenters. The molecule has 174 valence electrons. The number of halogens is 1. The third-order valence-corrected chi connectivity index (χ3v) is 7.50. The number of sulfonamides is 1. The van der Waals surface area contributed by atoms with Gasteiger partial charge in [0.15, 0.2) is 0 Å². The molecule has 0 saturated carbocycles. The van der Waals surface area contributed by atoms with Crippen LogP contribution in [0.4, 0.5) is 0 Å². The van der Waals surface area contributed by atoms with Crippen molar-refractivity contribution < 1.29 is 13.2 Å². The van der Waals surface area contributed by atoms with Gasteiger partial charge in [-0.1, -0.05) is 41.9 Å². The largest absolute Gasteiger partial charge is 0.457 e. The highest BCUT2D eigenvalue weighted by Crippen LogP contribution is 2.25. The Labute approximate surface area is 200 Å². The van der Waals surface area contributed by atoms with Crippen LogP contribution in [0.5, 0.6) is 11.5 Å². The highest BCUT2D eigenvalue weighted by Gasteiger charge is 2.26. The van der Waals surface area contributed by atoms with Crippen LogP contribution >= 0.6 is 11.6 Å². The van der Waals surface area contributed by atoms with Gasteiger partial charge in [-0.25, -0.2) is 13.1 Å². The van der Waals surface area contributed by atoms with Crippen LogP contribution in [0.1, 0.15) is 11.6 Å². The zero-order valence-corrected chi connectivity index (χ0v) is 20.1. The van der Waals surface area contributed by atoms with Gasteiger partial charge in [0.1, 0.15) is 11.5 Å². The summed E-state index contributed by atoms with van der Waals surface area (Å²) in [5, 5.41) is 0.661. The molecule has 1 fully saturated rings. The zero-order chi connectivity index (χ0) is 23.3. The normalized spacial score (nSPS) is 16.4. The second-order valence-corrected chi connectivity index (χ2v) is 10.3. The molecule has 0 unspecified atom stereocenters. The molecule has 6 nitrogen and oxygen atoms in total. The lowest BCUT2D eigenvalue weighted by atomic mass is 10.0. The van der Waals surface area contributed by atoms with Crippen LogP contribution < -0.4 is 9.46 Å². The predicted molar refractivity (Wildman–Crippen MR) is 131 cm³/mol. The molecule has 1 aliphatic rings. The van der Waals surface area contributed by atoms with E-state index >= 15 is 0 Å². The molecule has 0 radical (unpaired) electrons. The fraction of sp³-hybridized carbons (Fsp3) is 0.280. The Morgan fingerprint density at radius 2 is 1.48 bits per heavy atom. The van der Waals surface area contributed by atoms with Crippen molar-refractivity contribution in [3.8, 4) is 11.5 Å². The van der Waals surface area contributed by atoms with Gasteiger partial charge in [-0.2, -0.15) is 0 Å². The number of benzene rings is 3. The Balaban J connectivity index is 1.46. The minimum atomic E-state index is -3.68. The fourth-order valence-electron chi connectivity index (χ4n) is 3.86. The van der Waals surface area contributed by atoms with Gasteiger partial charge in [-0.05, 0) is 61.1 Å². The second kappa shape index (κ2) is 10.7. The van der Waals surface area contributed by atoms with Crippen LogP contribution in [0.2, 0.25) is 5.02 Å². The number of hydrogen-bond donors (Lipinski definition) is 1. The molecule has 0 bridgehead atoms. The Morgan fingerprint density at radius 3 is 2.12 bits per heavy atom. The minimum Gasteiger partial charge on any atom is -0.457 e. The molecule has 1 heterocycles. The molecule has 0 aliphatic carbocycles. The van der Waals surface area contributed by atoms with E-state index in [1.807, 2.05) is 54.6 Å². The first kappa shape index (κ1) is 23.7. The Morgan fingerprint density at radius 1 is 0.879 bits per heavy atom. The third-order valence-electron chi connectivity index (χ3n) is 5.81. The lowest BCUT2D eigenvalue weighted by Gasteiger charge is -2.38. The van der Waals surface area contributed by atoms with E-state index in [-0.39, 0.29) is 17.5 Å². The minimum absolute atomic E-state index is 0.0774. The van der Waals surface area contributed by atoms with Gasteiger partial charge in [-0.15, -0.1) is 0 Å². The Kier molecular flexibility index (Phi) is 7.67. The number of ether oxygens (including phenoxy) is 1. The topological polar surface area (TPSA) is 61.9 Å². The Bertz CT molecular complexity index is 1130. The van der Waals surface area contributed by atoms with E-state index < -0.39 is 10.0 Å². The predicted octanol–water partition coefficient (Wildman–Crippen LogP) is 4.40. The van der Waals surface area contributed by atoms with Crippen LogP contribution in [0.25, 0.3) is 0 Å². The van der Waals surface area contributed by atoms with Crippen LogP contribution in [-0.4, -0.2) is 58.0 Å². The summed E-state index contributed by atoms with van der Waals surface area (Å²) in [7, 11) is -1.58. The number of hydrogen-bond acceptors (Lipinski definition) is 5. The summed E-state index contributed by atoms with van der Waals surface area (Å²) in [5.41, 5.74) is 1.04.